The number of rotatable bonds is 2. The topological polar surface area (TPSA) is 89.6 Å². The van der Waals surface area contributed by atoms with E-state index in [-0.39, 0.29) is 53.0 Å². The molecule has 0 N–H and O–H groups in total. The maximum Gasteiger partial charge on any atom is 2.00 e. The number of hydrogen-bond donors (Lipinski definition) is 0. The Kier molecular flexibility index (Phi) is 15.0. The summed E-state index contributed by atoms with van der Waals surface area (Å²) in [7, 11) is 3.95. The van der Waals surface area contributed by atoms with Crippen molar-refractivity contribution in [1.29, 1.82) is 0 Å². The van der Waals surface area contributed by atoms with Crippen LogP contribution < -0.4 is 9.97 Å². The number of imidazole rings is 2. The zero-order valence-electron chi connectivity index (χ0n) is 35.1. The first-order chi connectivity index (χ1) is 27.9. The molecule has 308 valence electrons. The van der Waals surface area contributed by atoms with Crippen LogP contribution in [0.1, 0.15) is 52.9 Å². The molecule has 6 aromatic heterocycles. The van der Waals surface area contributed by atoms with E-state index in [2.05, 4.69) is 120 Å². The van der Waals surface area contributed by atoms with Crippen molar-refractivity contribution in [2.24, 2.45) is 14.1 Å². The van der Waals surface area contributed by atoms with E-state index in [9.17, 15) is 0 Å². The summed E-state index contributed by atoms with van der Waals surface area (Å²) in [5, 5.41) is 4.67. The van der Waals surface area contributed by atoms with Crippen LogP contribution in [-0.4, -0.2) is 29.1 Å². The van der Waals surface area contributed by atoms with Crippen molar-refractivity contribution >= 4 is 43.9 Å². The second-order valence-electron chi connectivity index (χ2n) is 16.2. The van der Waals surface area contributed by atoms with Gasteiger partial charge < -0.3 is 29.1 Å². The Hall–Kier alpha value is -5.42. The third-order valence-corrected chi connectivity index (χ3v) is 9.67. The first-order valence-electron chi connectivity index (χ1n) is 19.4. The second kappa shape index (κ2) is 19.8. The van der Waals surface area contributed by atoms with Gasteiger partial charge in [-0.25, -0.2) is 0 Å². The van der Waals surface area contributed by atoms with Gasteiger partial charge in [0.25, 0.3) is 0 Å². The molecule has 0 saturated heterocycles. The molecule has 4 aromatic carbocycles. The Balaban J connectivity index is 0.000000152. The van der Waals surface area contributed by atoms with Crippen molar-refractivity contribution in [3.8, 4) is 22.8 Å². The summed E-state index contributed by atoms with van der Waals surface area (Å²) in [5.74, 6) is 1.91. The molecule has 0 unspecified atom stereocenters. The van der Waals surface area contributed by atoms with E-state index in [1.165, 1.54) is 10.8 Å². The Labute approximate surface area is 381 Å². The number of hydrogen-bond acceptors (Lipinski definition) is 4. The smallest absolute Gasteiger partial charge is 0.439 e. The minimum atomic E-state index is 0. The van der Waals surface area contributed by atoms with Gasteiger partial charge in [-0.1, -0.05) is 137 Å². The van der Waals surface area contributed by atoms with Gasteiger partial charge in [-0.15, -0.1) is 71.8 Å². The van der Waals surface area contributed by atoms with Gasteiger partial charge >= 0.3 is 42.1 Å². The molecule has 60 heavy (non-hydrogen) atoms. The van der Waals surface area contributed by atoms with Crippen molar-refractivity contribution < 1.29 is 42.1 Å². The first-order valence-corrected chi connectivity index (χ1v) is 19.4. The van der Waals surface area contributed by atoms with Crippen molar-refractivity contribution in [2.75, 3.05) is 0 Å². The molecule has 6 heterocycles. The third-order valence-electron chi connectivity index (χ3n) is 9.67. The summed E-state index contributed by atoms with van der Waals surface area (Å²) in [6.07, 6.45) is 7.43. The van der Waals surface area contributed by atoms with Gasteiger partial charge in [0.05, 0.1) is 11.6 Å². The van der Waals surface area contributed by atoms with Crippen molar-refractivity contribution in [3.05, 3.63) is 170 Å². The third kappa shape index (κ3) is 10.7. The summed E-state index contributed by atoms with van der Waals surface area (Å²) >= 11 is 0. The van der Waals surface area contributed by atoms with Gasteiger partial charge in [0.15, 0.2) is 0 Å². The predicted molar refractivity (Wildman–Crippen MR) is 237 cm³/mol. The van der Waals surface area contributed by atoms with Crippen molar-refractivity contribution in [3.63, 3.8) is 0 Å². The summed E-state index contributed by atoms with van der Waals surface area (Å²) < 4.78 is 3.96. The van der Waals surface area contributed by atoms with Gasteiger partial charge in [-0.05, 0) is 43.4 Å². The fourth-order valence-electron chi connectivity index (χ4n) is 6.46. The van der Waals surface area contributed by atoms with Crippen LogP contribution in [0.2, 0.25) is 0 Å². The van der Waals surface area contributed by atoms with Crippen LogP contribution >= 0.6 is 0 Å². The van der Waals surface area contributed by atoms with Gasteiger partial charge in [-0.3, -0.25) is 9.97 Å². The van der Waals surface area contributed by atoms with E-state index < -0.39 is 0 Å². The van der Waals surface area contributed by atoms with Gasteiger partial charge in [0.1, 0.15) is 0 Å². The first kappa shape index (κ1) is 45.7. The summed E-state index contributed by atoms with van der Waals surface area (Å²) in [6, 6.07) is 46.8. The van der Waals surface area contributed by atoms with E-state index >= 15 is 0 Å². The Morgan fingerprint density at radius 3 is 1.18 bits per heavy atom. The minimum Gasteiger partial charge on any atom is -0.439 e. The molecule has 10 rings (SSSR count). The second-order valence-corrected chi connectivity index (χ2v) is 16.2. The number of fused-ring (bicyclic) bond motifs is 6. The molecule has 0 aliphatic rings. The molecule has 0 aliphatic carbocycles. The molecular weight excluding hydrogens is 1100 g/mol. The summed E-state index contributed by atoms with van der Waals surface area (Å²) in [6.45, 7) is 13.0. The number of aryl methyl sites for hydroxylation is 2. The van der Waals surface area contributed by atoms with E-state index in [0.29, 0.717) is 0 Å². The Morgan fingerprint density at radius 1 is 0.467 bits per heavy atom. The van der Waals surface area contributed by atoms with Crippen LogP contribution in [0.15, 0.2) is 146 Å². The molecule has 8 nitrogen and oxygen atoms in total. The summed E-state index contributed by atoms with van der Waals surface area (Å²) in [4.78, 5) is 26.9. The standard InChI is InChI=1S/2C15H15N2.2C10H9N2.2Pt/c2*1-15(2,3)13-9-8-11-10-6-4-5-7-12(10)16-14(11)17-13;2*1-12-8-7-11-10(12)9-5-3-2-4-6-9;;/h2*4-9H,1-3H3;2*2-5,7-8H,1H3;;/q4*-1;2*+2. The predicted octanol–water partition coefficient (Wildman–Crippen LogP) is 11.1. The maximum absolute atomic E-state index is 4.67. The molecule has 0 amide bonds. The fourth-order valence-corrected chi connectivity index (χ4v) is 6.46. The molecule has 0 atom stereocenters. The van der Waals surface area contributed by atoms with Crippen LogP contribution in [0.3, 0.4) is 0 Å². The van der Waals surface area contributed by atoms with Crippen LogP contribution in [0.5, 0.6) is 0 Å². The number of para-hydroxylation sites is 2. The molecule has 0 fully saturated rings. The van der Waals surface area contributed by atoms with E-state index in [4.69, 9.17) is 0 Å². The molecule has 0 bridgehead atoms. The van der Waals surface area contributed by atoms with Gasteiger partial charge in [0, 0.05) is 38.9 Å². The minimum absolute atomic E-state index is 0. The zero-order chi connectivity index (χ0) is 40.9. The molecule has 10 heteroatoms. The average molecular weight is 1150 g/mol. The number of pyridine rings is 2. The van der Waals surface area contributed by atoms with Crippen LogP contribution in [0.25, 0.3) is 66.6 Å². The van der Waals surface area contributed by atoms with Crippen molar-refractivity contribution in [1.82, 2.24) is 39.0 Å². The number of nitrogens with zero attached hydrogens (tertiary/aromatic N) is 8. The fraction of sp³-hybridized carbons (Fsp3) is 0.200. The van der Waals surface area contributed by atoms with Crippen LogP contribution in [-0.2, 0) is 67.1 Å². The number of aromatic nitrogens is 8. The van der Waals surface area contributed by atoms with Crippen LogP contribution in [0.4, 0.5) is 0 Å². The van der Waals surface area contributed by atoms with Gasteiger partial charge in [-0.2, -0.15) is 0 Å². The molecular formula is C50H48N8Pt2. The van der Waals surface area contributed by atoms with E-state index in [0.717, 1.165) is 67.3 Å². The van der Waals surface area contributed by atoms with Gasteiger partial charge in [0.2, 0.25) is 0 Å². The SMILES string of the molecule is CC(C)(C)c1ccc2c(n1)[n-]c1ccccc12.CC(C)(C)c1ccc2c(n1)[n-]c1ccccc12.Cn1ccnc1-c1[c-]cccc1.Cn1ccnc1-c1[c-]cccc1.[Pt+2].[Pt+2]. The molecule has 0 aliphatic heterocycles. The van der Waals surface area contributed by atoms with E-state index in [1.807, 2.05) is 121 Å². The number of benzene rings is 4. The monoisotopic (exact) mass is 1150 g/mol. The molecule has 10 aromatic rings. The molecule has 0 spiro atoms. The Bertz CT molecular complexity index is 2690. The zero-order valence-corrected chi connectivity index (χ0v) is 39.6. The quantitative estimate of drug-likeness (QED) is 0.160. The van der Waals surface area contributed by atoms with Crippen molar-refractivity contribution in [2.45, 2.75) is 52.4 Å². The Morgan fingerprint density at radius 2 is 0.850 bits per heavy atom. The molecule has 0 radical (unpaired) electrons. The maximum atomic E-state index is 4.67. The van der Waals surface area contributed by atoms with Crippen LogP contribution in [0, 0.1) is 12.1 Å². The average Bonchev–Trinajstić information content (AvgIpc) is 4.03. The normalized spacial score (nSPS) is 11.1. The molecule has 0 saturated carbocycles. The largest absolute Gasteiger partial charge is 2.00 e. The van der Waals surface area contributed by atoms with E-state index in [1.54, 1.807) is 12.4 Å². The summed E-state index contributed by atoms with van der Waals surface area (Å²) in [5.41, 5.74) is 8.16.